The van der Waals surface area contributed by atoms with E-state index in [9.17, 15) is 4.79 Å². The van der Waals surface area contributed by atoms with Crippen LogP contribution in [0, 0.1) is 0 Å². The summed E-state index contributed by atoms with van der Waals surface area (Å²) in [7, 11) is 0. The SMILES string of the molecule is CCCCCCCOc1ccc(C(=O)NC(=S)NCCCC)cc1. The minimum absolute atomic E-state index is 0.199. The second-order valence-electron chi connectivity index (χ2n) is 5.85. The average molecular weight is 351 g/mol. The van der Waals surface area contributed by atoms with Gasteiger partial charge in [0.15, 0.2) is 5.11 Å². The highest BCUT2D eigenvalue weighted by Crippen LogP contribution is 2.13. The van der Waals surface area contributed by atoms with E-state index in [1.54, 1.807) is 12.1 Å². The van der Waals surface area contributed by atoms with Crippen LogP contribution in [0.15, 0.2) is 24.3 Å². The lowest BCUT2D eigenvalue weighted by Gasteiger charge is -2.10. The number of amides is 1. The second kappa shape index (κ2) is 12.8. The van der Waals surface area contributed by atoms with Crippen LogP contribution in [-0.4, -0.2) is 24.2 Å². The van der Waals surface area contributed by atoms with Crippen molar-refractivity contribution in [2.75, 3.05) is 13.2 Å². The number of nitrogens with one attached hydrogen (secondary N) is 2. The Balaban J connectivity index is 2.30. The topological polar surface area (TPSA) is 50.4 Å². The van der Waals surface area contributed by atoms with E-state index in [-0.39, 0.29) is 5.91 Å². The molecule has 4 nitrogen and oxygen atoms in total. The molecule has 0 saturated heterocycles. The Kier molecular flexibility index (Phi) is 10.9. The van der Waals surface area contributed by atoms with E-state index in [2.05, 4.69) is 24.5 Å². The molecule has 0 bridgehead atoms. The van der Waals surface area contributed by atoms with Crippen LogP contribution in [0.1, 0.15) is 69.2 Å². The summed E-state index contributed by atoms with van der Waals surface area (Å²) >= 11 is 5.10. The zero-order valence-corrected chi connectivity index (χ0v) is 15.7. The van der Waals surface area contributed by atoms with Crippen LogP contribution in [0.4, 0.5) is 0 Å². The summed E-state index contributed by atoms with van der Waals surface area (Å²) in [4.78, 5) is 12.1. The van der Waals surface area contributed by atoms with Gasteiger partial charge in [-0.2, -0.15) is 0 Å². The van der Waals surface area contributed by atoms with E-state index in [4.69, 9.17) is 17.0 Å². The number of unbranched alkanes of at least 4 members (excludes halogenated alkanes) is 5. The fourth-order valence-electron chi connectivity index (χ4n) is 2.20. The second-order valence-corrected chi connectivity index (χ2v) is 6.26. The molecule has 0 spiro atoms. The zero-order chi connectivity index (χ0) is 17.6. The Morgan fingerprint density at radius 2 is 1.67 bits per heavy atom. The number of ether oxygens (including phenoxy) is 1. The lowest BCUT2D eigenvalue weighted by Crippen LogP contribution is -2.39. The van der Waals surface area contributed by atoms with E-state index in [1.165, 1.54) is 25.7 Å². The average Bonchev–Trinajstić information content (AvgIpc) is 2.58. The van der Waals surface area contributed by atoms with Gasteiger partial charge in [0.2, 0.25) is 0 Å². The molecule has 0 saturated carbocycles. The molecule has 0 aliphatic carbocycles. The monoisotopic (exact) mass is 350 g/mol. The largest absolute Gasteiger partial charge is 0.494 e. The van der Waals surface area contributed by atoms with E-state index in [0.29, 0.717) is 10.7 Å². The predicted molar refractivity (Wildman–Crippen MR) is 104 cm³/mol. The molecule has 1 amide bonds. The Bertz CT molecular complexity index is 489. The van der Waals surface area contributed by atoms with Crippen molar-refractivity contribution in [2.45, 2.75) is 58.8 Å². The highest BCUT2D eigenvalue weighted by molar-refractivity contribution is 7.80. The molecule has 1 aromatic carbocycles. The van der Waals surface area contributed by atoms with Gasteiger partial charge in [-0.25, -0.2) is 0 Å². The van der Waals surface area contributed by atoms with Gasteiger partial charge in [-0.05, 0) is 49.3 Å². The number of thiocarbonyl (C=S) groups is 1. The minimum atomic E-state index is -0.199. The van der Waals surface area contributed by atoms with Gasteiger partial charge in [0.05, 0.1) is 6.61 Å². The fraction of sp³-hybridized carbons (Fsp3) is 0.579. The predicted octanol–water partition coefficient (Wildman–Crippen LogP) is 4.44. The normalized spacial score (nSPS) is 10.2. The first kappa shape index (κ1) is 20.4. The summed E-state index contributed by atoms with van der Waals surface area (Å²) in [5.41, 5.74) is 0.574. The lowest BCUT2D eigenvalue weighted by atomic mass is 10.2. The minimum Gasteiger partial charge on any atom is -0.494 e. The highest BCUT2D eigenvalue weighted by Gasteiger charge is 2.07. The highest BCUT2D eigenvalue weighted by atomic mass is 32.1. The number of benzene rings is 1. The van der Waals surface area contributed by atoms with Gasteiger partial charge in [-0.1, -0.05) is 46.0 Å². The summed E-state index contributed by atoms with van der Waals surface area (Å²) in [6.45, 7) is 5.82. The van der Waals surface area contributed by atoms with E-state index in [0.717, 1.165) is 38.2 Å². The number of carbonyl (C=O) groups is 1. The number of hydrogen-bond donors (Lipinski definition) is 2. The molecule has 1 rings (SSSR count). The third-order valence-corrected chi connectivity index (χ3v) is 3.92. The zero-order valence-electron chi connectivity index (χ0n) is 14.9. The summed E-state index contributed by atoms with van der Waals surface area (Å²) in [5.74, 6) is 0.598. The number of hydrogen-bond acceptors (Lipinski definition) is 3. The maximum Gasteiger partial charge on any atom is 0.257 e. The summed E-state index contributed by atoms with van der Waals surface area (Å²) in [6.07, 6.45) is 8.20. The Morgan fingerprint density at radius 3 is 2.33 bits per heavy atom. The third kappa shape index (κ3) is 8.87. The molecule has 134 valence electrons. The Hall–Kier alpha value is -1.62. The molecule has 2 N–H and O–H groups in total. The first-order chi connectivity index (χ1) is 11.7. The van der Waals surface area contributed by atoms with E-state index >= 15 is 0 Å². The maximum absolute atomic E-state index is 12.1. The Morgan fingerprint density at radius 1 is 1.00 bits per heavy atom. The molecule has 0 heterocycles. The van der Waals surface area contributed by atoms with Crippen LogP contribution >= 0.6 is 12.2 Å². The van der Waals surface area contributed by atoms with Gasteiger partial charge in [-0.3, -0.25) is 10.1 Å². The van der Waals surface area contributed by atoms with Crippen molar-refractivity contribution in [3.63, 3.8) is 0 Å². The standard InChI is InChI=1S/C19H30N2O2S/c1-3-5-7-8-9-15-23-17-12-10-16(11-13-17)18(22)21-19(24)20-14-6-4-2/h10-13H,3-9,14-15H2,1-2H3,(H2,20,21,22,24). The molecule has 1 aromatic rings. The van der Waals surface area contributed by atoms with Crippen LogP contribution in [0.2, 0.25) is 0 Å². The summed E-state index contributed by atoms with van der Waals surface area (Å²) < 4.78 is 5.70. The van der Waals surface area contributed by atoms with Crippen LogP contribution < -0.4 is 15.4 Å². The molecule has 0 aliphatic rings. The Labute approximate surface area is 151 Å². The van der Waals surface area contributed by atoms with Crippen molar-refractivity contribution < 1.29 is 9.53 Å². The van der Waals surface area contributed by atoms with E-state index in [1.807, 2.05) is 12.1 Å². The number of carbonyl (C=O) groups excluding carboxylic acids is 1. The first-order valence-corrected chi connectivity index (χ1v) is 9.40. The molecule has 0 aromatic heterocycles. The first-order valence-electron chi connectivity index (χ1n) is 8.99. The number of rotatable bonds is 11. The fourth-order valence-corrected chi connectivity index (χ4v) is 2.39. The third-order valence-electron chi connectivity index (χ3n) is 3.68. The molecular weight excluding hydrogens is 320 g/mol. The smallest absolute Gasteiger partial charge is 0.257 e. The van der Waals surface area contributed by atoms with Crippen LogP contribution in [0.5, 0.6) is 5.75 Å². The molecule has 0 unspecified atom stereocenters. The molecule has 0 radical (unpaired) electrons. The van der Waals surface area contributed by atoms with Crippen molar-refractivity contribution in [2.24, 2.45) is 0 Å². The molecule has 5 heteroatoms. The maximum atomic E-state index is 12.1. The van der Waals surface area contributed by atoms with Crippen molar-refractivity contribution in [3.8, 4) is 5.75 Å². The van der Waals surface area contributed by atoms with Crippen molar-refractivity contribution in [3.05, 3.63) is 29.8 Å². The quantitative estimate of drug-likeness (QED) is 0.457. The van der Waals surface area contributed by atoms with Crippen LogP contribution in [0.3, 0.4) is 0 Å². The molecular formula is C19H30N2O2S. The summed E-state index contributed by atoms with van der Waals surface area (Å²) in [5, 5.41) is 6.08. The molecule has 0 fully saturated rings. The van der Waals surface area contributed by atoms with Gasteiger partial charge in [0, 0.05) is 12.1 Å². The molecule has 24 heavy (non-hydrogen) atoms. The van der Waals surface area contributed by atoms with Gasteiger partial charge in [-0.15, -0.1) is 0 Å². The van der Waals surface area contributed by atoms with Crippen LogP contribution in [-0.2, 0) is 0 Å². The lowest BCUT2D eigenvalue weighted by molar-refractivity contribution is 0.0976. The van der Waals surface area contributed by atoms with Crippen molar-refractivity contribution >= 4 is 23.2 Å². The van der Waals surface area contributed by atoms with Gasteiger partial charge in [0.1, 0.15) is 5.75 Å². The molecule has 0 aliphatic heterocycles. The van der Waals surface area contributed by atoms with Crippen molar-refractivity contribution in [1.82, 2.24) is 10.6 Å². The van der Waals surface area contributed by atoms with Gasteiger partial charge >= 0.3 is 0 Å². The summed E-state index contributed by atoms with van der Waals surface area (Å²) in [6, 6.07) is 7.18. The van der Waals surface area contributed by atoms with Crippen LogP contribution in [0.25, 0.3) is 0 Å². The van der Waals surface area contributed by atoms with Gasteiger partial charge in [0.25, 0.3) is 5.91 Å². The molecule has 0 atom stereocenters. The van der Waals surface area contributed by atoms with Gasteiger partial charge < -0.3 is 10.1 Å². The van der Waals surface area contributed by atoms with E-state index < -0.39 is 0 Å². The van der Waals surface area contributed by atoms with Crippen molar-refractivity contribution in [1.29, 1.82) is 0 Å².